The molecule has 2 amide bonds. The Balaban J connectivity index is 1.39. The van der Waals surface area contributed by atoms with Gasteiger partial charge in [0.25, 0.3) is 5.56 Å². The number of hydrogen-bond acceptors (Lipinski definition) is 8. The summed E-state index contributed by atoms with van der Waals surface area (Å²) in [5.41, 5.74) is 0.706. The number of phenols is 1. The van der Waals surface area contributed by atoms with E-state index in [0.29, 0.717) is 25.2 Å². The van der Waals surface area contributed by atoms with Crippen molar-refractivity contribution in [2.75, 3.05) is 20.2 Å². The molecule has 1 aromatic carbocycles. The number of aromatic hydroxyl groups is 2. The van der Waals surface area contributed by atoms with Crippen LogP contribution >= 0.6 is 0 Å². The van der Waals surface area contributed by atoms with Crippen LogP contribution in [0.3, 0.4) is 0 Å². The topological polar surface area (TPSA) is 151 Å². The van der Waals surface area contributed by atoms with Crippen molar-refractivity contribution >= 4 is 11.8 Å². The highest BCUT2D eigenvalue weighted by molar-refractivity contribution is 5.88. The first-order chi connectivity index (χ1) is 20.5. The normalized spacial score (nSPS) is 19.0. The van der Waals surface area contributed by atoms with Crippen LogP contribution in [0.4, 0.5) is 0 Å². The largest absolute Gasteiger partial charge is 0.504 e. The van der Waals surface area contributed by atoms with Crippen LogP contribution in [-0.2, 0) is 16.1 Å². The number of phenolic OH excluding ortho intramolecular Hbond substituents is 1. The standard InChI is InChI=1S/C32H37N3O8/c1-17(2)29(32(41)34-14-19-11-21(16-34)23-6-5-7-28(39)35(23)15-19)33-27(38)13-22(20-8-9-24(36)26(12-20)42-4)31-30(40)25(37)10-18(3)43-31/h5-10,12,17,19,21-22,29,36,40H,11,13-16H2,1-4H3,(H,33,38). The summed E-state index contributed by atoms with van der Waals surface area (Å²) in [7, 11) is 1.38. The zero-order chi connectivity index (χ0) is 31.0. The monoisotopic (exact) mass is 591 g/mol. The van der Waals surface area contributed by atoms with Gasteiger partial charge in [0.1, 0.15) is 11.8 Å². The first kappa shape index (κ1) is 29.9. The van der Waals surface area contributed by atoms with E-state index in [4.69, 9.17) is 9.15 Å². The summed E-state index contributed by atoms with van der Waals surface area (Å²) in [4.78, 5) is 54.1. The Hall–Kier alpha value is -4.54. The molecule has 2 aliphatic heterocycles. The number of likely N-dealkylation sites (tertiary alicyclic amines) is 1. The second-order valence-electron chi connectivity index (χ2n) is 11.9. The van der Waals surface area contributed by atoms with Gasteiger partial charge >= 0.3 is 0 Å². The number of nitrogens with one attached hydrogen (secondary N) is 1. The Kier molecular flexibility index (Phi) is 8.34. The van der Waals surface area contributed by atoms with Crippen molar-refractivity contribution in [2.45, 2.75) is 58.0 Å². The van der Waals surface area contributed by atoms with Crippen LogP contribution in [0.1, 0.15) is 61.3 Å². The highest BCUT2D eigenvalue weighted by atomic mass is 16.5. The molecule has 3 aromatic rings. The van der Waals surface area contributed by atoms with Gasteiger partial charge in [-0.3, -0.25) is 19.2 Å². The molecule has 2 bridgehead atoms. The molecule has 3 N–H and O–H groups in total. The first-order valence-electron chi connectivity index (χ1n) is 14.4. The van der Waals surface area contributed by atoms with Crippen LogP contribution in [0.15, 0.2) is 56.5 Å². The van der Waals surface area contributed by atoms with E-state index in [0.717, 1.165) is 18.2 Å². The summed E-state index contributed by atoms with van der Waals surface area (Å²) in [6.45, 7) is 6.78. The highest BCUT2D eigenvalue weighted by Crippen LogP contribution is 2.38. The van der Waals surface area contributed by atoms with Gasteiger partial charge in [-0.25, -0.2) is 0 Å². The van der Waals surface area contributed by atoms with Gasteiger partial charge in [-0.1, -0.05) is 26.0 Å². The van der Waals surface area contributed by atoms with Crippen LogP contribution in [-0.4, -0.2) is 57.7 Å². The van der Waals surface area contributed by atoms with Crippen LogP contribution in [0.2, 0.25) is 0 Å². The van der Waals surface area contributed by atoms with Crippen molar-refractivity contribution in [3.8, 4) is 17.2 Å². The molecule has 228 valence electrons. The molecule has 0 aliphatic carbocycles. The van der Waals surface area contributed by atoms with Crippen molar-refractivity contribution in [2.24, 2.45) is 11.8 Å². The SMILES string of the molecule is COc1cc(C(CC(=O)NC(C(=O)N2CC3CC(C2)c2cccc(=O)n2C3)C(C)C)c2oc(C)cc(=O)c2O)ccc1O. The van der Waals surface area contributed by atoms with Crippen molar-refractivity contribution in [1.82, 2.24) is 14.8 Å². The average molecular weight is 592 g/mol. The lowest BCUT2D eigenvalue weighted by molar-refractivity contribution is -0.140. The Bertz CT molecular complexity index is 1660. The summed E-state index contributed by atoms with van der Waals surface area (Å²) in [6, 6.07) is 10.0. The fraction of sp³-hybridized carbons (Fsp3) is 0.438. The Morgan fingerprint density at radius 3 is 2.58 bits per heavy atom. The zero-order valence-corrected chi connectivity index (χ0v) is 24.7. The number of carbonyl (C=O) groups is 2. The van der Waals surface area contributed by atoms with Crippen molar-refractivity contribution in [3.63, 3.8) is 0 Å². The molecule has 4 unspecified atom stereocenters. The average Bonchev–Trinajstić information content (AvgIpc) is 2.97. The maximum Gasteiger partial charge on any atom is 0.250 e. The van der Waals surface area contributed by atoms with E-state index in [1.165, 1.54) is 19.2 Å². The predicted octanol–water partition coefficient (Wildman–Crippen LogP) is 2.84. The summed E-state index contributed by atoms with van der Waals surface area (Å²) >= 11 is 0. The minimum atomic E-state index is -0.922. The third kappa shape index (κ3) is 6.02. The van der Waals surface area contributed by atoms with Crippen molar-refractivity contribution < 1.29 is 29.0 Å². The molecule has 4 atom stereocenters. The number of fused-ring (bicyclic) bond motifs is 4. The highest BCUT2D eigenvalue weighted by Gasteiger charge is 2.39. The molecule has 1 fully saturated rings. The lowest BCUT2D eigenvalue weighted by Crippen LogP contribution is -2.56. The number of aromatic nitrogens is 1. The number of piperidine rings is 1. The molecule has 1 saturated heterocycles. The van der Waals surface area contributed by atoms with E-state index in [1.54, 1.807) is 34.6 Å². The van der Waals surface area contributed by atoms with Gasteiger partial charge in [0.2, 0.25) is 23.0 Å². The molecule has 0 radical (unpaired) electrons. The zero-order valence-electron chi connectivity index (χ0n) is 24.7. The van der Waals surface area contributed by atoms with E-state index in [9.17, 15) is 29.4 Å². The van der Waals surface area contributed by atoms with E-state index >= 15 is 0 Å². The van der Waals surface area contributed by atoms with Gasteiger partial charge in [-0.2, -0.15) is 0 Å². The molecule has 2 aromatic heterocycles. The molecule has 5 rings (SSSR count). The predicted molar refractivity (Wildman–Crippen MR) is 157 cm³/mol. The second kappa shape index (κ2) is 12.0. The maximum absolute atomic E-state index is 13.9. The number of aryl methyl sites for hydroxylation is 1. The van der Waals surface area contributed by atoms with Crippen molar-refractivity contribution in [3.05, 3.63) is 85.8 Å². The lowest BCUT2D eigenvalue weighted by Gasteiger charge is -2.44. The maximum atomic E-state index is 13.9. The van der Waals surface area contributed by atoms with Gasteiger partial charge in [-0.05, 0) is 48.9 Å². The summed E-state index contributed by atoms with van der Waals surface area (Å²) < 4.78 is 12.8. The molecular formula is C32H37N3O8. The minimum Gasteiger partial charge on any atom is -0.504 e. The van der Waals surface area contributed by atoms with Gasteiger partial charge in [-0.15, -0.1) is 0 Å². The van der Waals surface area contributed by atoms with Crippen LogP contribution in [0.25, 0.3) is 0 Å². The van der Waals surface area contributed by atoms with E-state index in [1.807, 2.05) is 19.9 Å². The molecule has 11 heteroatoms. The van der Waals surface area contributed by atoms with Crippen LogP contribution < -0.4 is 21.0 Å². The third-order valence-corrected chi connectivity index (χ3v) is 8.42. The van der Waals surface area contributed by atoms with Crippen LogP contribution in [0, 0.1) is 18.8 Å². The van der Waals surface area contributed by atoms with Crippen LogP contribution in [0.5, 0.6) is 17.2 Å². The summed E-state index contributed by atoms with van der Waals surface area (Å²) in [5.74, 6) is -2.09. The van der Waals surface area contributed by atoms with Gasteiger partial charge in [0, 0.05) is 49.8 Å². The van der Waals surface area contributed by atoms with E-state index < -0.39 is 29.0 Å². The number of methoxy groups -OCH3 is 1. The number of carbonyl (C=O) groups excluding carboxylic acids is 2. The second-order valence-corrected chi connectivity index (χ2v) is 11.9. The van der Waals surface area contributed by atoms with Gasteiger partial charge in [0.05, 0.1) is 13.0 Å². The van der Waals surface area contributed by atoms with Crippen molar-refractivity contribution in [1.29, 1.82) is 0 Å². The number of ether oxygens (including phenoxy) is 1. The fourth-order valence-corrected chi connectivity index (χ4v) is 6.34. The third-order valence-electron chi connectivity index (χ3n) is 8.42. The van der Waals surface area contributed by atoms with E-state index in [2.05, 4.69) is 5.32 Å². The first-order valence-corrected chi connectivity index (χ1v) is 14.4. The molecule has 2 aliphatic rings. The number of nitrogens with zero attached hydrogens (tertiary/aromatic N) is 2. The lowest BCUT2D eigenvalue weighted by atomic mass is 9.82. The minimum absolute atomic E-state index is 0.0319. The number of hydrogen-bond donors (Lipinski definition) is 3. The Morgan fingerprint density at radius 1 is 1.09 bits per heavy atom. The Morgan fingerprint density at radius 2 is 1.86 bits per heavy atom. The molecule has 0 spiro atoms. The molecule has 11 nitrogen and oxygen atoms in total. The summed E-state index contributed by atoms with van der Waals surface area (Å²) in [6.07, 6.45) is 0.640. The number of amides is 2. The summed E-state index contributed by atoms with van der Waals surface area (Å²) in [5, 5.41) is 23.7. The fourth-order valence-electron chi connectivity index (χ4n) is 6.34. The molecule has 4 heterocycles. The molecule has 43 heavy (non-hydrogen) atoms. The smallest absolute Gasteiger partial charge is 0.250 e. The van der Waals surface area contributed by atoms with E-state index in [-0.39, 0.29) is 58.7 Å². The number of benzene rings is 1. The van der Waals surface area contributed by atoms with Gasteiger partial charge < -0.3 is 34.2 Å². The number of pyridine rings is 1. The Labute approximate surface area is 248 Å². The van der Waals surface area contributed by atoms with Gasteiger partial charge in [0.15, 0.2) is 17.3 Å². The number of rotatable bonds is 8. The molecular weight excluding hydrogens is 554 g/mol. The molecule has 0 saturated carbocycles. The quantitative estimate of drug-likeness (QED) is 0.362.